The summed E-state index contributed by atoms with van der Waals surface area (Å²) in [5, 5.41) is 0. The molecular weight excluding hydrogens is 324 g/mol. The molecule has 1 aromatic rings. The Morgan fingerprint density at radius 2 is 1.96 bits per heavy atom. The first-order chi connectivity index (χ1) is 11.4. The highest BCUT2D eigenvalue weighted by Crippen LogP contribution is 2.32. The second-order valence-corrected chi connectivity index (χ2v) is 7.95. The number of nitrogens with zero attached hydrogens (tertiary/aromatic N) is 2. The van der Waals surface area contributed by atoms with Crippen molar-refractivity contribution in [1.82, 2.24) is 9.80 Å². The number of likely N-dealkylation sites (N-methyl/N-ethyl adjacent to an activating group) is 1. The van der Waals surface area contributed by atoms with Gasteiger partial charge >= 0.3 is 6.09 Å². The number of benzene rings is 1. The van der Waals surface area contributed by atoms with Crippen LogP contribution >= 0.6 is 11.8 Å². The second kappa shape index (κ2) is 6.67. The fraction of sp³-hybridized carbons (Fsp3) is 0.556. The first-order valence-electron chi connectivity index (χ1n) is 8.24. The summed E-state index contributed by atoms with van der Waals surface area (Å²) in [5.41, 5.74) is 3.28. The van der Waals surface area contributed by atoms with E-state index in [2.05, 4.69) is 32.0 Å². The largest absolute Gasteiger partial charge is 0.439 e. The summed E-state index contributed by atoms with van der Waals surface area (Å²) in [4.78, 5) is 27.4. The highest BCUT2D eigenvalue weighted by molar-refractivity contribution is 7.99. The third-order valence-electron chi connectivity index (χ3n) is 4.59. The van der Waals surface area contributed by atoms with Crippen molar-refractivity contribution in [3.05, 3.63) is 34.9 Å². The molecule has 2 fully saturated rings. The van der Waals surface area contributed by atoms with E-state index in [1.165, 1.54) is 16.7 Å². The van der Waals surface area contributed by atoms with Gasteiger partial charge in [-0.05, 0) is 19.4 Å². The van der Waals surface area contributed by atoms with Gasteiger partial charge in [0.2, 0.25) is 5.91 Å². The van der Waals surface area contributed by atoms with E-state index in [4.69, 9.17) is 4.74 Å². The molecule has 0 N–H and O–H groups in total. The molecule has 0 radical (unpaired) electrons. The maximum Gasteiger partial charge on any atom is 0.410 e. The lowest BCUT2D eigenvalue weighted by Gasteiger charge is -2.21. The lowest BCUT2D eigenvalue weighted by Crippen LogP contribution is -2.39. The minimum absolute atomic E-state index is 0.131. The van der Waals surface area contributed by atoms with Crippen molar-refractivity contribution >= 4 is 23.8 Å². The van der Waals surface area contributed by atoms with Crippen LogP contribution in [-0.2, 0) is 15.3 Å². The van der Waals surface area contributed by atoms with E-state index in [0.717, 1.165) is 12.2 Å². The highest BCUT2D eigenvalue weighted by atomic mass is 32.2. The summed E-state index contributed by atoms with van der Waals surface area (Å²) >= 11 is 1.64. The molecule has 2 saturated heterocycles. The molecule has 0 bridgehead atoms. The molecule has 0 saturated carbocycles. The molecular formula is C18H24N2O3S. The lowest BCUT2D eigenvalue weighted by atomic mass is 10.0. The lowest BCUT2D eigenvalue weighted by molar-refractivity contribution is -0.128. The number of hydrogen-bond donors (Lipinski definition) is 0. The molecule has 3 rings (SSSR count). The van der Waals surface area contributed by atoms with Gasteiger partial charge in [-0.1, -0.05) is 29.3 Å². The van der Waals surface area contributed by atoms with Crippen LogP contribution in [0.4, 0.5) is 4.79 Å². The molecule has 5 nitrogen and oxygen atoms in total. The number of carbonyl (C=O) groups excluding carboxylic acids is 2. The molecule has 130 valence electrons. The SMILES string of the molecule is Cc1cc(C)cc(CSCC(=O)N2CCC3(CN(C)C(=O)O3)C2)c1. The molecule has 1 unspecified atom stereocenters. The van der Waals surface area contributed by atoms with Crippen LogP contribution in [0.1, 0.15) is 23.1 Å². The summed E-state index contributed by atoms with van der Waals surface area (Å²) in [6.45, 7) is 5.95. The molecule has 24 heavy (non-hydrogen) atoms. The molecule has 1 spiro atoms. The predicted molar refractivity (Wildman–Crippen MR) is 95.1 cm³/mol. The summed E-state index contributed by atoms with van der Waals surface area (Å²) in [5.74, 6) is 1.43. The first kappa shape index (κ1) is 17.1. The van der Waals surface area contributed by atoms with Crippen LogP contribution < -0.4 is 0 Å². The number of ether oxygens (including phenoxy) is 1. The van der Waals surface area contributed by atoms with Gasteiger partial charge in [0.15, 0.2) is 5.60 Å². The van der Waals surface area contributed by atoms with Crippen LogP contribution in [0.3, 0.4) is 0 Å². The van der Waals surface area contributed by atoms with Gasteiger partial charge in [0.1, 0.15) is 0 Å². The standard InChI is InChI=1S/C18H24N2O3S/c1-13-6-14(2)8-15(7-13)9-24-10-16(21)20-5-4-18(12-20)11-19(3)17(22)23-18/h6-8H,4-5,9-12H2,1-3H3. The van der Waals surface area contributed by atoms with Gasteiger partial charge in [0, 0.05) is 25.8 Å². The minimum atomic E-state index is -0.486. The first-order valence-corrected chi connectivity index (χ1v) is 9.39. The maximum absolute atomic E-state index is 12.4. The Morgan fingerprint density at radius 1 is 1.25 bits per heavy atom. The van der Waals surface area contributed by atoms with E-state index in [1.54, 1.807) is 23.7 Å². The van der Waals surface area contributed by atoms with Crippen LogP contribution in [0.25, 0.3) is 0 Å². The van der Waals surface area contributed by atoms with Crippen molar-refractivity contribution in [3.63, 3.8) is 0 Å². The van der Waals surface area contributed by atoms with E-state index in [1.807, 2.05) is 4.90 Å². The van der Waals surface area contributed by atoms with Gasteiger partial charge in [-0.15, -0.1) is 11.8 Å². The van der Waals surface area contributed by atoms with Crippen LogP contribution in [-0.4, -0.2) is 59.8 Å². The van der Waals surface area contributed by atoms with Gasteiger partial charge in [-0.2, -0.15) is 0 Å². The molecule has 0 aromatic heterocycles. The minimum Gasteiger partial charge on any atom is -0.439 e. The fourth-order valence-electron chi connectivity index (χ4n) is 3.56. The Bertz CT molecular complexity index is 643. The molecule has 2 aliphatic heterocycles. The molecule has 2 heterocycles. The highest BCUT2D eigenvalue weighted by Gasteiger charge is 2.49. The second-order valence-electron chi connectivity index (χ2n) is 6.96. The fourth-order valence-corrected chi connectivity index (χ4v) is 4.42. The van der Waals surface area contributed by atoms with Crippen molar-refractivity contribution in [2.45, 2.75) is 31.6 Å². The monoisotopic (exact) mass is 348 g/mol. The molecule has 2 amide bonds. The molecule has 2 aliphatic rings. The zero-order chi connectivity index (χ0) is 17.3. The van der Waals surface area contributed by atoms with Gasteiger partial charge in [0.05, 0.1) is 18.8 Å². The summed E-state index contributed by atoms with van der Waals surface area (Å²) in [6, 6.07) is 6.50. The zero-order valence-electron chi connectivity index (χ0n) is 14.5. The van der Waals surface area contributed by atoms with Crippen molar-refractivity contribution in [3.8, 4) is 0 Å². The quantitative estimate of drug-likeness (QED) is 0.839. The Morgan fingerprint density at radius 3 is 2.58 bits per heavy atom. The van der Waals surface area contributed by atoms with E-state index < -0.39 is 5.60 Å². The van der Waals surface area contributed by atoms with E-state index in [-0.39, 0.29) is 12.0 Å². The summed E-state index contributed by atoms with van der Waals surface area (Å²) < 4.78 is 5.49. The van der Waals surface area contributed by atoms with E-state index >= 15 is 0 Å². The molecule has 1 aromatic carbocycles. The number of aryl methyl sites for hydroxylation is 2. The van der Waals surface area contributed by atoms with Crippen LogP contribution in [0.2, 0.25) is 0 Å². The van der Waals surface area contributed by atoms with E-state index in [0.29, 0.717) is 25.4 Å². The predicted octanol–water partition coefficient (Wildman–Crippen LogP) is 2.59. The van der Waals surface area contributed by atoms with Crippen molar-refractivity contribution in [2.24, 2.45) is 0 Å². The Balaban J connectivity index is 1.49. The van der Waals surface area contributed by atoms with Gasteiger partial charge < -0.3 is 14.5 Å². The molecule has 6 heteroatoms. The Hall–Kier alpha value is -1.69. The number of hydrogen-bond acceptors (Lipinski definition) is 4. The van der Waals surface area contributed by atoms with Gasteiger partial charge in [-0.25, -0.2) is 4.79 Å². The topological polar surface area (TPSA) is 49.9 Å². The Kier molecular flexibility index (Phi) is 4.76. The number of thioether (sulfide) groups is 1. The van der Waals surface area contributed by atoms with Crippen molar-refractivity contribution in [1.29, 1.82) is 0 Å². The Labute approximate surface area is 147 Å². The average molecular weight is 348 g/mol. The summed E-state index contributed by atoms with van der Waals surface area (Å²) in [6.07, 6.45) is 0.449. The van der Waals surface area contributed by atoms with Crippen LogP contribution in [0.5, 0.6) is 0 Å². The number of carbonyl (C=O) groups is 2. The smallest absolute Gasteiger partial charge is 0.410 e. The number of amides is 2. The molecule has 1 atom stereocenters. The van der Waals surface area contributed by atoms with Crippen molar-refractivity contribution in [2.75, 3.05) is 32.4 Å². The normalized spacial score (nSPS) is 23.2. The third-order valence-corrected chi connectivity index (χ3v) is 5.57. The zero-order valence-corrected chi connectivity index (χ0v) is 15.3. The number of rotatable bonds is 4. The van der Waals surface area contributed by atoms with Crippen LogP contribution in [0.15, 0.2) is 18.2 Å². The van der Waals surface area contributed by atoms with E-state index in [9.17, 15) is 9.59 Å². The maximum atomic E-state index is 12.4. The third kappa shape index (κ3) is 3.69. The summed E-state index contributed by atoms with van der Waals surface area (Å²) in [7, 11) is 1.74. The van der Waals surface area contributed by atoms with Gasteiger partial charge in [0.25, 0.3) is 0 Å². The molecule has 0 aliphatic carbocycles. The van der Waals surface area contributed by atoms with Gasteiger partial charge in [-0.3, -0.25) is 4.79 Å². The van der Waals surface area contributed by atoms with Crippen molar-refractivity contribution < 1.29 is 14.3 Å². The number of likely N-dealkylation sites (tertiary alicyclic amines) is 1. The average Bonchev–Trinajstić information content (AvgIpc) is 3.01. The van der Waals surface area contributed by atoms with Crippen LogP contribution in [0, 0.1) is 13.8 Å².